The largest absolute Gasteiger partial charge is 0.497 e. The first-order chi connectivity index (χ1) is 17.0. The van der Waals surface area contributed by atoms with E-state index < -0.39 is 6.04 Å². The average molecular weight is 473 g/mol. The maximum absolute atomic E-state index is 14.0. The Morgan fingerprint density at radius 2 is 1.80 bits per heavy atom. The second-order valence-corrected chi connectivity index (χ2v) is 8.98. The highest BCUT2D eigenvalue weighted by Gasteiger charge is 2.32. The molecule has 3 aromatic carbocycles. The molecule has 1 amide bonds. The van der Waals surface area contributed by atoms with Crippen molar-refractivity contribution in [3.05, 3.63) is 71.3 Å². The van der Waals surface area contributed by atoms with Gasteiger partial charge in [-0.1, -0.05) is 36.4 Å². The van der Waals surface area contributed by atoms with E-state index in [1.807, 2.05) is 61.6 Å². The topological polar surface area (TPSA) is 69.0 Å². The van der Waals surface area contributed by atoms with Gasteiger partial charge in [0, 0.05) is 45.3 Å². The van der Waals surface area contributed by atoms with E-state index in [2.05, 4.69) is 22.9 Å². The lowest BCUT2D eigenvalue weighted by Gasteiger charge is -2.39. The molecular weight excluding hydrogens is 440 g/mol. The summed E-state index contributed by atoms with van der Waals surface area (Å²) in [6, 6.07) is 19.3. The van der Waals surface area contributed by atoms with Gasteiger partial charge < -0.3 is 19.3 Å². The van der Waals surface area contributed by atoms with E-state index in [0.717, 1.165) is 53.8 Å². The molecule has 0 bridgehead atoms. The number of nitrogens with zero attached hydrogens (tertiary/aromatic N) is 4. The Morgan fingerprint density at radius 1 is 1.06 bits per heavy atom. The van der Waals surface area contributed by atoms with Crippen LogP contribution in [0.15, 0.2) is 54.6 Å². The zero-order chi connectivity index (χ0) is 24.9. The highest BCUT2D eigenvalue weighted by atomic mass is 16.5. The molecule has 0 aliphatic carbocycles. The number of rotatable bonds is 7. The van der Waals surface area contributed by atoms with Gasteiger partial charge in [0.05, 0.1) is 19.8 Å². The molecule has 1 unspecified atom stereocenters. The lowest BCUT2D eigenvalue weighted by molar-refractivity contribution is -0.137. The molecule has 1 saturated heterocycles. The Kier molecular flexibility index (Phi) is 7.54. The molecule has 7 nitrogen and oxygen atoms in total. The van der Waals surface area contributed by atoms with E-state index in [0.29, 0.717) is 17.9 Å². The number of carbonyl (C=O) groups is 1. The summed E-state index contributed by atoms with van der Waals surface area (Å²) in [6.45, 7) is 3.73. The van der Waals surface area contributed by atoms with E-state index in [-0.39, 0.29) is 5.91 Å². The zero-order valence-electron chi connectivity index (χ0n) is 20.8. The predicted molar refractivity (Wildman–Crippen MR) is 136 cm³/mol. The summed E-state index contributed by atoms with van der Waals surface area (Å²) in [7, 11) is 7.13. The van der Waals surface area contributed by atoms with Crippen LogP contribution in [0.4, 0.5) is 0 Å². The first kappa shape index (κ1) is 24.5. The smallest absolute Gasteiger partial charge is 0.244 e. The summed E-state index contributed by atoms with van der Waals surface area (Å²) < 4.78 is 11.1. The molecule has 0 aromatic heterocycles. The quantitative estimate of drug-likeness (QED) is 0.523. The number of nitriles is 1. The minimum absolute atomic E-state index is 0.00342. The molecule has 0 saturated carbocycles. The van der Waals surface area contributed by atoms with Crippen LogP contribution in [-0.2, 0) is 11.3 Å². The van der Waals surface area contributed by atoms with Crippen molar-refractivity contribution in [2.75, 3.05) is 54.5 Å². The van der Waals surface area contributed by atoms with Crippen LogP contribution in [-0.4, -0.2) is 75.1 Å². The number of fused-ring (bicyclic) bond motifs is 1. The van der Waals surface area contributed by atoms with Gasteiger partial charge in [-0.3, -0.25) is 9.69 Å². The minimum atomic E-state index is -0.430. The van der Waals surface area contributed by atoms with Gasteiger partial charge in [-0.25, -0.2) is 0 Å². The van der Waals surface area contributed by atoms with Gasteiger partial charge in [0.15, 0.2) is 0 Å². The molecule has 0 N–H and O–H groups in total. The lowest BCUT2D eigenvalue weighted by Crippen LogP contribution is -2.50. The molecule has 1 aliphatic heterocycles. The second kappa shape index (κ2) is 10.8. The molecule has 0 spiro atoms. The lowest BCUT2D eigenvalue weighted by atomic mass is 9.98. The van der Waals surface area contributed by atoms with Gasteiger partial charge in [0.25, 0.3) is 0 Å². The molecule has 1 atom stereocenters. The van der Waals surface area contributed by atoms with Crippen LogP contribution in [0.1, 0.15) is 22.7 Å². The van der Waals surface area contributed by atoms with Crippen molar-refractivity contribution >= 4 is 16.7 Å². The fourth-order valence-electron chi connectivity index (χ4n) is 4.80. The summed E-state index contributed by atoms with van der Waals surface area (Å²) in [5, 5.41) is 11.6. The Balaban J connectivity index is 1.72. The molecule has 4 rings (SSSR count). The van der Waals surface area contributed by atoms with Crippen molar-refractivity contribution in [1.29, 1.82) is 5.26 Å². The summed E-state index contributed by atoms with van der Waals surface area (Å²) in [4.78, 5) is 20.3. The molecule has 1 aliphatic rings. The van der Waals surface area contributed by atoms with Crippen LogP contribution in [0.25, 0.3) is 10.8 Å². The Morgan fingerprint density at radius 3 is 2.49 bits per heavy atom. The van der Waals surface area contributed by atoms with E-state index in [1.54, 1.807) is 19.1 Å². The Hall–Kier alpha value is -3.60. The van der Waals surface area contributed by atoms with Crippen molar-refractivity contribution in [2.45, 2.75) is 12.6 Å². The zero-order valence-corrected chi connectivity index (χ0v) is 20.8. The minimum Gasteiger partial charge on any atom is -0.497 e. The molecular formula is C28H32N4O3. The van der Waals surface area contributed by atoms with Crippen LogP contribution in [0.5, 0.6) is 11.5 Å². The van der Waals surface area contributed by atoms with Crippen LogP contribution in [0.3, 0.4) is 0 Å². The first-order valence-electron chi connectivity index (χ1n) is 11.8. The van der Waals surface area contributed by atoms with Gasteiger partial charge in [-0.2, -0.15) is 5.26 Å². The van der Waals surface area contributed by atoms with Gasteiger partial charge >= 0.3 is 0 Å². The van der Waals surface area contributed by atoms with E-state index in [4.69, 9.17) is 9.47 Å². The second-order valence-electron chi connectivity index (χ2n) is 8.98. The van der Waals surface area contributed by atoms with Gasteiger partial charge in [-0.15, -0.1) is 0 Å². The molecule has 1 heterocycles. The van der Waals surface area contributed by atoms with Crippen molar-refractivity contribution < 1.29 is 14.3 Å². The fraction of sp³-hybridized carbons (Fsp3) is 0.357. The average Bonchev–Trinajstić information content (AvgIpc) is 2.89. The standard InChI is InChI=1S/C28H32N4O3/c1-30-12-14-32(15-13-30)26(21-9-7-10-23(17-21)34-3)28(33)31(2)19-25-24-11-6-5-8-20(24)16-22(18-29)27(25)35-4/h5-11,16-17,26H,12-15,19H2,1-4H3. The number of methoxy groups -OCH3 is 2. The van der Waals surface area contributed by atoms with Crippen LogP contribution >= 0.6 is 0 Å². The third-order valence-corrected chi connectivity index (χ3v) is 6.75. The Labute approximate surface area is 207 Å². The molecule has 35 heavy (non-hydrogen) atoms. The van der Waals surface area contributed by atoms with Crippen molar-refractivity contribution in [1.82, 2.24) is 14.7 Å². The van der Waals surface area contributed by atoms with Crippen molar-refractivity contribution in [2.24, 2.45) is 0 Å². The number of benzene rings is 3. The van der Waals surface area contributed by atoms with Crippen molar-refractivity contribution in [3.8, 4) is 17.6 Å². The number of hydrogen-bond donors (Lipinski definition) is 0. The van der Waals surface area contributed by atoms with Crippen LogP contribution in [0.2, 0.25) is 0 Å². The maximum Gasteiger partial charge on any atom is 0.244 e. The highest BCUT2D eigenvalue weighted by Crippen LogP contribution is 2.34. The van der Waals surface area contributed by atoms with Crippen LogP contribution < -0.4 is 9.47 Å². The SMILES string of the molecule is COc1cccc(C(C(=O)N(C)Cc2c(OC)c(C#N)cc3ccccc23)N2CCN(C)CC2)c1. The number of piperazine rings is 1. The monoisotopic (exact) mass is 472 g/mol. The maximum atomic E-state index is 14.0. The number of amides is 1. The summed E-state index contributed by atoms with van der Waals surface area (Å²) in [5.74, 6) is 1.24. The number of carbonyl (C=O) groups excluding carboxylic acids is 1. The molecule has 182 valence electrons. The van der Waals surface area contributed by atoms with E-state index in [9.17, 15) is 10.1 Å². The van der Waals surface area contributed by atoms with Crippen LogP contribution in [0, 0.1) is 11.3 Å². The number of ether oxygens (including phenoxy) is 2. The van der Waals surface area contributed by atoms with Crippen molar-refractivity contribution in [3.63, 3.8) is 0 Å². The molecule has 3 aromatic rings. The Bertz CT molecular complexity index is 1240. The van der Waals surface area contributed by atoms with E-state index in [1.165, 1.54) is 0 Å². The fourth-order valence-corrected chi connectivity index (χ4v) is 4.80. The number of likely N-dealkylation sites (N-methyl/N-ethyl adjacent to an activating group) is 2. The van der Waals surface area contributed by atoms with Gasteiger partial charge in [0.1, 0.15) is 23.6 Å². The molecule has 0 radical (unpaired) electrons. The molecule has 1 fully saturated rings. The highest BCUT2D eigenvalue weighted by molar-refractivity contribution is 5.91. The third-order valence-electron chi connectivity index (χ3n) is 6.75. The summed E-state index contributed by atoms with van der Waals surface area (Å²) in [6.07, 6.45) is 0. The molecule has 7 heteroatoms. The van der Waals surface area contributed by atoms with Gasteiger partial charge in [0.2, 0.25) is 5.91 Å². The normalized spacial score (nSPS) is 15.4. The first-order valence-corrected chi connectivity index (χ1v) is 11.8. The summed E-state index contributed by atoms with van der Waals surface area (Å²) >= 11 is 0. The van der Waals surface area contributed by atoms with Gasteiger partial charge in [-0.05, 0) is 41.6 Å². The summed E-state index contributed by atoms with van der Waals surface area (Å²) in [5.41, 5.74) is 2.21. The van der Waals surface area contributed by atoms with E-state index >= 15 is 0 Å². The third kappa shape index (κ3) is 5.09. The predicted octanol–water partition coefficient (Wildman–Crippen LogP) is 3.68. The number of hydrogen-bond acceptors (Lipinski definition) is 6.